The number of nitrogens with zero attached hydrogens (tertiary/aromatic N) is 3. The Morgan fingerprint density at radius 3 is 2.32 bits per heavy atom. The van der Waals surface area contributed by atoms with Gasteiger partial charge in [0.1, 0.15) is 28.6 Å². The van der Waals surface area contributed by atoms with Crippen LogP contribution in [-0.4, -0.2) is 71.3 Å². The number of ether oxygens (including phenoxy) is 4. The van der Waals surface area contributed by atoms with Crippen LogP contribution in [0.1, 0.15) is 91.1 Å². The van der Waals surface area contributed by atoms with Crippen LogP contribution in [0.2, 0.25) is 6.32 Å². The van der Waals surface area contributed by atoms with E-state index in [4.69, 9.17) is 28.3 Å². The summed E-state index contributed by atoms with van der Waals surface area (Å²) >= 11 is 0. The van der Waals surface area contributed by atoms with Crippen molar-refractivity contribution < 1.29 is 37.8 Å². The SMILES string of the molecule is CC(C)(C)OC(=O)Oc1c(CCB2O[C@@H]3C[C@@H]4C[C@@H](C4(C)C)[C@]3(C)O2)ccc(OC2CN(c3ncccn3)C2)c1C(=O)OC(C)(C)C. The largest absolute Gasteiger partial charge is 0.514 e. The lowest BCUT2D eigenvalue weighted by molar-refractivity contribution is -0.199. The normalized spacial score (nSPS) is 26.5. The molecule has 2 bridgehead atoms. The van der Waals surface area contributed by atoms with E-state index in [1.807, 2.05) is 11.0 Å². The lowest BCUT2D eigenvalue weighted by atomic mass is 9.43. The second-order valence-corrected chi connectivity index (χ2v) is 16.1. The lowest BCUT2D eigenvalue weighted by Crippen LogP contribution is -2.65. The minimum Gasteiger partial charge on any atom is -0.486 e. The molecule has 47 heavy (non-hydrogen) atoms. The Morgan fingerprint density at radius 1 is 1.00 bits per heavy atom. The molecule has 3 aliphatic carbocycles. The Hall–Kier alpha value is -3.38. The van der Waals surface area contributed by atoms with Crippen molar-refractivity contribution in [2.75, 3.05) is 18.0 Å². The van der Waals surface area contributed by atoms with Crippen molar-refractivity contribution in [2.24, 2.45) is 17.3 Å². The van der Waals surface area contributed by atoms with E-state index in [9.17, 15) is 9.59 Å². The fraction of sp³-hybridized carbons (Fsp3) is 0.657. The Labute approximate surface area is 278 Å². The van der Waals surface area contributed by atoms with Gasteiger partial charge in [-0.2, -0.15) is 0 Å². The first-order valence-corrected chi connectivity index (χ1v) is 16.7. The van der Waals surface area contributed by atoms with Gasteiger partial charge in [0, 0.05) is 12.4 Å². The number of anilines is 1. The van der Waals surface area contributed by atoms with Crippen LogP contribution in [0.5, 0.6) is 11.5 Å². The smallest absolute Gasteiger partial charge is 0.486 e. The van der Waals surface area contributed by atoms with E-state index in [0.717, 1.165) is 6.42 Å². The van der Waals surface area contributed by atoms with Crippen molar-refractivity contribution in [3.8, 4) is 11.5 Å². The molecule has 1 aromatic carbocycles. The molecule has 2 saturated heterocycles. The molecule has 2 aliphatic heterocycles. The molecule has 5 fully saturated rings. The number of aromatic nitrogens is 2. The van der Waals surface area contributed by atoms with E-state index in [1.165, 1.54) is 6.42 Å². The highest BCUT2D eigenvalue weighted by molar-refractivity contribution is 6.45. The fourth-order valence-corrected chi connectivity index (χ4v) is 7.55. The molecule has 7 rings (SSSR count). The second-order valence-electron chi connectivity index (χ2n) is 16.1. The molecule has 5 aliphatic rings. The van der Waals surface area contributed by atoms with Crippen LogP contribution in [0.4, 0.5) is 10.7 Å². The summed E-state index contributed by atoms with van der Waals surface area (Å²) in [6.45, 7) is 18.5. The van der Waals surface area contributed by atoms with Crippen LogP contribution in [0.25, 0.3) is 0 Å². The Bertz CT molecular complexity index is 1500. The molecule has 0 spiro atoms. The molecule has 0 radical (unpaired) electrons. The Kier molecular flexibility index (Phi) is 8.52. The highest BCUT2D eigenvalue weighted by Gasteiger charge is 2.67. The third kappa shape index (κ3) is 6.81. The average molecular weight is 650 g/mol. The minimum atomic E-state index is -0.925. The van der Waals surface area contributed by atoms with Crippen molar-refractivity contribution in [1.29, 1.82) is 0 Å². The second kappa shape index (κ2) is 11.9. The summed E-state index contributed by atoms with van der Waals surface area (Å²) in [5, 5.41) is 0. The van der Waals surface area contributed by atoms with E-state index in [-0.39, 0.29) is 40.3 Å². The summed E-state index contributed by atoms with van der Waals surface area (Å²) in [5.74, 6) is 1.35. The first-order valence-electron chi connectivity index (χ1n) is 16.7. The predicted molar refractivity (Wildman–Crippen MR) is 176 cm³/mol. The summed E-state index contributed by atoms with van der Waals surface area (Å²) in [6, 6.07) is 5.33. The van der Waals surface area contributed by atoms with Gasteiger partial charge in [0.2, 0.25) is 5.95 Å². The maximum Gasteiger partial charge on any atom is 0.514 e. The molecule has 0 unspecified atom stereocenters. The van der Waals surface area contributed by atoms with Gasteiger partial charge in [0.25, 0.3) is 0 Å². The van der Waals surface area contributed by atoms with Gasteiger partial charge in [-0.3, -0.25) is 0 Å². The maximum atomic E-state index is 13.9. The zero-order chi connectivity index (χ0) is 33.9. The molecule has 1 aromatic heterocycles. The van der Waals surface area contributed by atoms with Crippen molar-refractivity contribution >= 4 is 25.2 Å². The number of carbonyl (C=O) groups excluding carboxylic acids is 2. The van der Waals surface area contributed by atoms with E-state index in [2.05, 4.69) is 30.7 Å². The third-order valence-electron chi connectivity index (χ3n) is 10.0. The van der Waals surface area contributed by atoms with E-state index in [0.29, 0.717) is 49.2 Å². The van der Waals surface area contributed by atoms with Gasteiger partial charge >= 0.3 is 19.2 Å². The summed E-state index contributed by atoms with van der Waals surface area (Å²) in [5.41, 5.74) is -1.06. The number of benzene rings is 1. The molecular weight excluding hydrogens is 601 g/mol. The molecular formula is C35H48BN3O8. The van der Waals surface area contributed by atoms with Crippen molar-refractivity contribution in [2.45, 2.75) is 117 Å². The van der Waals surface area contributed by atoms with Gasteiger partial charge in [-0.05, 0) is 109 Å². The van der Waals surface area contributed by atoms with Gasteiger partial charge in [-0.15, -0.1) is 0 Å². The van der Waals surface area contributed by atoms with E-state index < -0.39 is 30.4 Å². The van der Waals surface area contributed by atoms with Crippen LogP contribution in [-0.2, 0) is 25.2 Å². The zero-order valence-electron chi connectivity index (χ0n) is 29.1. The molecule has 2 aromatic rings. The quantitative estimate of drug-likeness (QED) is 0.183. The van der Waals surface area contributed by atoms with Crippen LogP contribution >= 0.6 is 0 Å². The van der Waals surface area contributed by atoms with Crippen LogP contribution < -0.4 is 14.4 Å². The van der Waals surface area contributed by atoms with E-state index in [1.54, 1.807) is 66.1 Å². The van der Waals surface area contributed by atoms with Crippen molar-refractivity contribution in [3.63, 3.8) is 0 Å². The van der Waals surface area contributed by atoms with Gasteiger partial charge in [-0.1, -0.05) is 19.9 Å². The molecule has 3 saturated carbocycles. The van der Waals surface area contributed by atoms with E-state index >= 15 is 0 Å². The number of carbonyl (C=O) groups is 2. The van der Waals surface area contributed by atoms with Gasteiger partial charge in [0.15, 0.2) is 5.75 Å². The predicted octanol–water partition coefficient (Wildman–Crippen LogP) is 6.28. The van der Waals surface area contributed by atoms with Gasteiger partial charge in [-0.25, -0.2) is 19.6 Å². The summed E-state index contributed by atoms with van der Waals surface area (Å²) in [6.07, 6.45) is 5.35. The summed E-state index contributed by atoms with van der Waals surface area (Å²) in [7, 11) is -0.420. The molecule has 254 valence electrons. The molecule has 4 atom stereocenters. The third-order valence-corrected chi connectivity index (χ3v) is 10.0. The topological polar surface area (TPSA) is 119 Å². The molecule has 12 heteroatoms. The lowest BCUT2D eigenvalue weighted by Gasteiger charge is -2.64. The average Bonchev–Trinajstić information content (AvgIpc) is 3.28. The van der Waals surface area contributed by atoms with Gasteiger partial charge in [0.05, 0.1) is 24.8 Å². The molecule has 3 heterocycles. The number of esters is 1. The maximum absolute atomic E-state index is 13.9. The first kappa shape index (κ1) is 33.5. The fourth-order valence-electron chi connectivity index (χ4n) is 7.55. The Balaban J connectivity index is 1.27. The number of aryl methyl sites for hydroxylation is 1. The summed E-state index contributed by atoms with van der Waals surface area (Å²) in [4.78, 5) is 37.6. The monoisotopic (exact) mass is 649 g/mol. The highest BCUT2D eigenvalue weighted by Crippen LogP contribution is 2.65. The van der Waals surface area contributed by atoms with Crippen molar-refractivity contribution in [1.82, 2.24) is 9.97 Å². The van der Waals surface area contributed by atoms with Crippen LogP contribution in [0, 0.1) is 17.3 Å². The minimum absolute atomic E-state index is 0.0363. The van der Waals surface area contributed by atoms with Crippen molar-refractivity contribution in [3.05, 3.63) is 41.7 Å². The zero-order valence-corrected chi connectivity index (χ0v) is 29.1. The van der Waals surface area contributed by atoms with Gasteiger partial charge < -0.3 is 33.2 Å². The Morgan fingerprint density at radius 2 is 1.68 bits per heavy atom. The summed E-state index contributed by atoms with van der Waals surface area (Å²) < 4.78 is 36.7. The molecule has 0 amide bonds. The first-order chi connectivity index (χ1) is 21.9. The molecule has 0 N–H and O–H groups in total. The number of rotatable bonds is 8. The highest BCUT2D eigenvalue weighted by atomic mass is 16.7. The van der Waals surface area contributed by atoms with Crippen LogP contribution in [0.3, 0.4) is 0 Å². The standard InChI is InChI=1S/C35H48BN3O8/c1-32(2,3)44-29(40)27-24(42-23-19-39(20-23)30-37-15-10-16-38-30)12-11-21(28(27)43-31(41)45-33(4,5)6)13-14-36-46-26-18-22-17-25(34(22,7)8)35(26,9)47-36/h10-12,15-16,22-23,25-26H,13-14,17-20H2,1-9H3/t22-,25-,26+,35-/m0/s1. The number of hydrogen-bond donors (Lipinski definition) is 0. The molecule has 11 nitrogen and oxygen atoms in total. The van der Waals surface area contributed by atoms with Crippen LogP contribution in [0.15, 0.2) is 30.6 Å². The number of hydrogen-bond acceptors (Lipinski definition) is 11.